The molecule has 1 saturated carbocycles. The second-order valence-electron chi connectivity index (χ2n) is 5.14. The summed E-state index contributed by atoms with van der Waals surface area (Å²) >= 11 is 0. The Kier molecular flexibility index (Phi) is 3.77. The molecule has 0 unspecified atom stereocenters. The number of piperidine rings is 1. The molecular formula is C12H20F3N. The highest BCUT2D eigenvalue weighted by atomic mass is 19.4. The first-order valence-corrected chi connectivity index (χ1v) is 6.38. The molecule has 0 N–H and O–H groups in total. The lowest BCUT2D eigenvalue weighted by atomic mass is 9.84. The third kappa shape index (κ3) is 2.90. The second kappa shape index (κ2) is 4.94. The van der Waals surface area contributed by atoms with Gasteiger partial charge in [-0.1, -0.05) is 6.42 Å². The molecule has 2 rings (SSSR count). The number of hydrogen-bond acceptors (Lipinski definition) is 1. The molecule has 1 aliphatic carbocycles. The van der Waals surface area contributed by atoms with Crippen molar-refractivity contribution in [3.8, 4) is 0 Å². The molecule has 0 radical (unpaired) electrons. The summed E-state index contributed by atoms with van der Waals surface area (Å²) in [7, 11) is 0. The van der Waals surface area contributed by atoms with Crippen molar-refractivity contribution in [2.75, 3.05) is 13.1 Å². The minimum atomic E-state index is -3.97. The van der Waals surface area contributed by atoms with Crippen molar-refractivity contribution in [2.24, 2.45) is 5.92 Å². The first-order chi connectivity index (χ1) is 7.57. The van der Waals surface area contributed by atoms with E-state index in [1.807, 2.05) is 0 Å². The summed E-state index contributed by atoms with van der Waals surface area (Å²) < 4.78 is 37.5. The largest absolute Gasteiger partial charge is 0.391 e. The van der Waals surface area contributed by atoms with Crippen molar-refractivity contribution >= 4 is 0 Å². The highest BCUT2D eigenvalue weighted by Gasteiger charge is 2.42. The van der Waals surface area contributed by atoms with Crippen molar-refractivity contribution < 1.29 is 13.2 Å². The highest BCUT2D eigenvalue weighted by Crippen LogP contribution is 2.39. The normalized spacial score (nSPS) is 33.9. The lowest BCUT2D eigenvalue weighted by molar-refractivity contribution is -0.184. The van der Waals surface area contributed by atoms with Crippen molar-refractivity contribution in [1.82, 2.24) is 4.90 Å². The maximum atomic E-state index is 12.5. The van der Waals surface area contributed by atoms with Gasteiger partial charge in [-0.25, -0.2) is 0 Å². The van der Waals surface area contributed by atoms with Gasteiger partial charge >= 0.3 is 6.18 Å². The summed E-state index contributed by atoms with van der Waals surface area (Å²) in [6.45, 7) is 2.20. The lowest BCUT2D eigenvalue weighted by Crippen LogP contribution is -2.42. The highest BCUT2D eigenvalue weighted by molar-refractivity contribution is 4.83. The van der Waals surface area contributed by atoms with Gasteiger partial charge < -0.3 is 4.90 Å². The molecular weight excluding hydrogens is 215 g/mol. The van der Waals surface area contributed by atoms with Crippen LogP contribution in [0.1, 0.15) is 44.9 Å². The second-order valence-corrected chi connectivity index (χ2v) is 5.14. The molecule has 2 fully saturated rings. The van der Waals surface area contributed by atoms with Crippen LogP contribution < -0.4 is 0 Å². The molecule has 16 heavy (non-hydrogen) atoms. The fraction of sp³-hybridized carbons (Fsp3) is 1.00. The minimum absolute atomic E-state index is 0.338. The van der Waals surface area contributed by atoms with E-state index < -0.39 is 12.1 Å². The Hall–Kier alpha value is -0.250. The van der Waals surface area contributed by atoms with Gasteiger partial charge in [0.25, 0.3) is 0 Å². The monoisotopic (exact) mass is 235 g/mol. The Morgan fingerprint density at radius 2 is 1.38 bits per heavy atom. The molecule has 94 valence electrons. The van der Waals surface area contributed by atoms with E-state index in [0.717, 1.165) is 25.9 Å². The number of hydrogen-bond donors (Lipinski definition) is 0. The Balaban J connectivity index is 1.80. The van der Waals surface area contributed by atoms with Crippen molar-refractivity contribution in [1.29, 1.82) is 0 Å². The van der Waals surface area contributed by atoms with Gasteiger partial charge in [-0.2, -0.15) is 13.2 Å². The first-order valence-electron chi connectivity index (χ1n) is 6.38. The van der Waals surface area contributed by atoms with Gasteiger partial charge in [0.05, 0.1) is 5.92 Å². The zero-order chi connectivity index (χ0) is 11.6. The van der Waals surface area contributed by atoms with E-state index in [9.17, 15) is 13.2 Å². The number of alkyl halides is 3. The molecule has 2 aliphatic rings. The van der Waals surface area contributed by atoms with Crippen LogP contribution in [-0.4, -0.2) is 30.2 Å². The SMILES string of the molecule is FC(F)(F)C1CCC(N2CCCCC2)CC1. The third-order valence-corrected chi connectivity index (χ3v) is 4.07. The smallest absolute Gasteiger partial charge is 0.300 e. The summed E-state index contributed by atoms with van der Waals surface area (Å²) in [4.78, 5) is 2.41. The van der Waals surface area contributed by atoms with Gasteiger partial charge in [0.2, 0.25) is 0 Å². The third-order valence-electron chi connectivity index (χ3n) is 4.07. The summed E-state index contributed by atoms with van der Waals surface area (Å²) in [6.07, 6.45) is 1.92. The number of rotatable bonds is 1. The minimum Gasteiger partial charge on any atom is -0.300 e. The molecule has 0 spiro atoms. The number of likely N-dealkylation sites (tertiary alicyclic amines) is 1. The molecule has 1 saturated heterocycles. The van der Waals surface area contributed by atoms with E-state index in [0.29, 0.717) is 18.9 Å². The fourth-order valence-electron chi connectivity index (χ4n) is 3.05. The van der Waals surface area contributed by atoms with Crippen LogP contribution in [0.15, 0.2) is 0 Å². The van der Waals surface area contributed by atoms with Gasteiger partial charge in [0.1, 0.15) is 0 Å². The fourth-order valence-corrected chi connectivity index (χ4v) is 3.05. The molecule has 0 aromatic carbocycles. The molecule has 0 bridgehead atoms. The van der Waals surface area contributed by atoms with Crippen molar-refractivity contribution in [2.45, 2.75) is 57.2 Å². The van der Waals surface area contributed by atoms with E-state index >= 15 is 0 Å². The Morgan fingerprint density at radius 1 is 0.812 bits per heavy atom. The summed E-state index contributed by atoms with van der Waals surface area (Å²) in [5.41, 5.74) is 0. The van der Waals surface area contributed by atoms with Crippen LogP contribution in [0.2, 0.25) is 0 Å². The van der Waals surface area contributed by atoms with Crippen LogP contribution in [0.25, 0.3) is 0 Å². The Morgan fingerprint density at radius 3 is 1.88 bits per heavy atom. The molecule has 1 heterocycles. The van der Waals surface area contributed by atoms with Crippen LogP contribution in [-0.2, 0) is 0 Å². The van der Waals surface area contributed by atoms with Crippen LogP contribution in [0.4, 0.5) is 13.2 Å². The quantitative estimate of drug-likeness (QED) is 0.671. The van der Waals surface area contributed by atoms with Crippen LogP contribution in [0.5, 0.6) is 0 Å². The maximum absolute atomic E-state index is 12.5. The van der Waals surface area contributed by atoms with E-state index in [1.54, 1.807) is 0 Å². The number of halogens is 3. The molecule has 1 nitrogen and oxygen atoms in total. The van der Waals surface area contributed by atoms with Crippen molar-refractivity contribution in [3.05, 3.63) is 0 Å². The molecule has 0 amide bonds. The average molecular weight is 235 g/mol. The van der Waals surface area contributed by atoms with Gasteiger partial charge in [0, 0.05) is 6.04 Å². The molecule has 0 atom stereocenters. The van der Waals surface area contributed by atoms with Crippen LogP contribution in [0, 0.1) is 5.92 Å². The van der Waals surface area contributed by atoms with E-state index in [2.05, 4.69) is 4.90 Å². The summed E-state index contributed by atoms with van der Waals surface area (Å²) in [5, 5.41) is 0. The van der Waals surface area contributed by atoms with Gasteiger partial charge in [-0.3, -0.25) is 0 Å². The van der Waals surface area contributed by atoms with Gasteiger partial charge in [-0.05, 0) is 51.6 Å². The van der Waals surface area contributed by atoms with Gasteiger partial charge in [0.15, 0.2) is 0 Å². The van der Waals surface area contributed by atoms with Crippen LogP contribution in [0.3, 0.4) is 0 Å². The van der Waals surface area contributed by atoms with E-state index in [1.165, 1.54) is 19.3 Å². The zero-order valence-corrected chi connectivity index (χ0v) is 9.60. The standard InChI is InChI=1S/C12H20F3N/c13-12(14,15)10-4-6-11(7-5-10)16-8-2-1-3-9-16/h10-11H,1-9H2. The topological polar surface area (TPSA) is 3.24 Å². The Labute approximate surface area is 95.0 Å². The van der Waals surface area contributed by atoms with E-state index in [4.69, 9.17) is 0 Å². The van der Waals surface area contributed by atoms with Crippen LogP contribution >= 0.6 is 0 Å². The zero-order valence-electron chi connectivity index (χ0n) is 9.60. The molecule has 4 heteroatoms. The predicted octanol–water partition coefficient (Wildman–Crippen LogP) is 3.59. The van der Waals surface area contributed by atoms with Gasteiger partial charge in [-0.15, -0.1) is 0 Å². The molecule has 0 aromatic rings. The molecule has 1 aliphatic heterocycles. The maximum Gasteiger partial charge on any atom is 0.391 e. The number of nitrogens with zero attached hydrogens (tertiary/aromatic N) is 1. The van der Waals surface area contributed by atoms with Crippen molar-refractivity contribution in [3.63, 3.8) is 0 Å². The summed E-state index contributed by atoms with van der Waals surface area (Å²) in [6, 6.07) is 0.430. The van der Waals surface area contributed by atoms with E-state index in [-0.39, 0.29) is 0 Å². The summed E-state index contributed by atoms with van der Waals surface area (Å²) in [5.74, 6) is -1.03. The molecule has 0 aromatic heterocycles. The Bertz CT molecular complexity index is 213. The first kappa shape index (κ1) is 12.2. The average Bonchev–Trinajstić information content (AvgIpc) is 2.29. The lowest BCUT2D eigenvalue weighted by Gasteiger charge is -2.39. The predicted molar refractivity (Wildman–Crippen MR) is 57.2 cm³/mol.